The number of hydrogen-bond acceptors (Lipinski definition) is 5. The van der Waals surface area contributed by atoms with Crippen molar-refractivity contribution in [1.29, 1.82) is 0 Å². The van der Waals surface area contributed by atoms with Crippen molar-refractivity contribution in [2.75, 3.05) is 23.8 Å². The van der Waals surface area contributed by atoms with E-state index in [2.05, 4.69) is 4.72 Å². The summed E-state index contributed by atoms with van der Waals surface area (Å²) in [5.41, 5.74) is 0. The van der Waals surface area contributed by atoms with Crippen LogP contribution in [0.1, 0.15) is 0 Å². The average molecular weight is 305 g/mol. The second-order valence-electron chi connectivity index (χ2n) is 3.92. The van der Waals surface area contributed by atoms with Crippen molar-refractivity contribution in [3.63, 3.8) is 0 Å². The lowest BCUT2D eigenvalue weighted by atomic mass is 10.3. The van der Waals surface area contributed by atoms with Crippen LogP contribution in [0.15, 0.2) is 29.2 Å². The van der Waals surface area contributed by atoms with Gasteiger partial charge in [0.2, 0.25) is 10.0 Å². The van der Waals surface area contributed by atoms with Gasteiger partial charge in [0.05, 0.1) is 4.90 Å². The highest BCUT2D eigenvalue weighted by Crippen LogP contribution is 2.24. The molecule has 0 aromatic heterocycles. The maximum absolute atomic E-state index is 12.0. The van der Waals surface area contributed by atoms with Gasteiger partial charge < -0.3 is 5.11 Å². The molecule has 2 N–H and O–H groups in total. The summed E-state index contributed by atoms with van der Waals surface area (Å²) in [5.74, 6) is 3.15. The van der Waals surface area contributed by atoms with Crippen LogP contribution in [0.3, 0.4) is 0 Å². The van der Waals surface area contributed by atoms with E-state index >= 15 is 0 Å². The predicted molar refractivity (Wildman–Crippen MR) is 76.9 cm³/mol. The van der Waals surface area contributed by atoms with Crippen LogP contribution in [-0.4, -0.2) is 42.6 Å². The summed E-state index contributed by atoms with van der Waals surface area (Å²) < 4.78 is 26.6. The van der Waals surface area contributed by atoms with Crippen LogP contribution in [0.25, 0.3) is 0 Å². The monoisotopic (exact) mass is 305 g/mol. The van der Waals surface area contributed by atoms with Gasteiger partial charge in [-0.1, -0.05) is 6.07 Å². The number of phenols is 1. The first kappa shape index (κ1) is 14.0. The first-order valence-electron chi connectivity index (χ1n) is 5.56. The summed E-state index contributed by atoms with van der Waals surface area (Å²) in [5, 5.41) is 9.62. The fourth-order valence-electron chi connectivity index (χ4n) is 1.59. The molecule has 1 aromatic carbocycles. The van der Waals surface area contributed by atoms with Crippen LogP contribution >= 0.6 is 23.5 Å². The molecule has 0 spiro atoms. The minimum Gasteiger partial charge on any atom is -0.508 e. The molecule has 1 aliphatic rings. The topological polar surface area (TPSA) is 66.4 Å². The Balaban J connectivity index is 1.98. The number of phenolic OH excluding ortho intramolecular Hbond substituents is 1. The van der Waals surface area contributed by atoms with Crippen LogP contribution in [0.5, 0.6) is 5.75 Å². The van der Waals surface area contributed by atoms with E-state index in [-0.39, 0.29) is 10.6 Å². The largest absolute Gasteiger partial charge is 0.508 e. The van der Waals surface area contributed by atoms with Gasteiger partial charge in [-0.3, -0.25) is 0 Å². The molecular weight excluding hydrogens is 290 g/mol. The van der Waals surface area contributed by atoms with E-state index in [4.69, 9.17) is 0 Å². The van der Waals surface area contributed by atoms with Crippen LogP contribution in [0, 0.1) is 0 Å². The molecule has 4 nitrogen and oxygen atoms in total. The molecule has 7 heteroatoms. The quantitative estimate of drug-likeness (QED) is 0.883. The minimum atomic E-state index is -3.51. The molecule has 1 fully saturated rings. The minimum absolute atomic E-state index is 0.0412. The van der Waals surface area contributed by atoms with Gasteiger partial charge in [0.25, 0.3) is 0 Å². The molecule has 0 aliphatic carbocycles. The normalized spacial score (nSPS) is 20.8. The van der Waals surface area contributed by atoms with Crippen LogP contribution in [0.4, 0.5) is 0 Å². The zero-order valence-electron chi connectivity index (χ0n) is 9.70. The SMILES string of the molecule is O=S(=O)(NCC1CSCCS1)c1cccc(O)c1. The summed E-state index contributed by atoms with van der Waals surface area (Å²) in [7, 11) is -3.51. The summed E-state index contributed by atoms with van der Waals surface area (Å²) in [6.07, 6.45) is 0. The Morgan fingerprint density at radius 1 is 1.39 bits per heavy atom. The van der Waals surface area contributed by atoms with E-state index in [1.807, 2.05) is 11.8 Å². The molecule has 18 heavy (non-hydrogen) atoms. The second-order valence-corrected chi connectivity index (χ2v) is 8.24. The molecule has 0 bridgehead atoms. The first-order valence-corrected chi connectivity index (χ1v) is 9.24. The lowest BCUT2D eigenvalue weighted by Gasteiger charge is -2.21. The van der Waals surface area contributed by atoms with E-state index in [0.29, 0.717) is 11.8 Å². The van der Waals surface area contributed by atoms with E-state index in [1.54, 1.807) is 11.8 Å². The average Bonchev–Trinajstić information content (AvgIpc) is 2.38. The number of sulfonamides is 1. The Labute approximate surface area is 116 Å². The Hall–Kier alpha value is -0.370. The van der Waals surface area contributed by atoms with E-state index in [1.165, 1.54) is 24.3 Å². The van der Waals surface area contributed by atoms with Gasteiger partial charge in [-0.2, -0.15) is 23.5 Å². The molecule has 0 radical (unpaired) electrons. The maximum atomic E-state index is 12.0. The molecule has 2 rings (SSSR count). The molecule has 0 amide bonds. The van der Waals surface area contributed by atoms with E-state index in [0.717, 1.165) is 17.3 Å². The van der Waals surface area contributed by atoms with Gasteiger partial charge in [0.1, 0.15) is 5.75 Å². The molecule has 1 unspecified atom stereocenters. The molecule has 1 aromatic rings. The zero-order chi connectivity index (χ0) is 13.0. The van der Waals surface area contributed by atoms with Crippen molar-refractivity contribution in [3.05, 3.63) is 24.3 Å². The Kier molecular flexibility index (Phi) is 4.83. The van der Waals surface area contributed by atoms with Gasteiger partial charge in [0, 0.05) is 29.1 Å². The molecule has 1 aliphatic heterocycles. The van der Waals surface area contributed by atoms with Crippen molar-refractivity contribution in [3.8, 4) is 5.75 Å². The number of hydrogen-bond donors (Lipinski definition) is 2. The number of aromatic hydroxyl groups is 1. The second kappa shape index (κ2) is 6.18. The van der Waals surface area contributed by atoms with Gasteiger partial charge in [-0.25, -0.2) is 13.1 Å². The van der Waals surface area contributed by atoms with Gasteiger partial charge in [0.15, 0.2) is 0 Å². The van der Waals surface area contributed by atoms with Crippen molar-refractivity contribution in [1.82, 2.24) is 4.72 Å². The van der Waals surface area contributed by atoms with Gasteiger partial charge in [-0.05, 0) is 18.2 Å². The third kappa shape index (κ3) is 3.81. The predicted octanol–water partition coefficient (Wildman–Crippen LogP) is 1.52. The van der Waals surface area contributed by atoms with E-state index in [9.17, 15) is 13.5 Å². The first-order chi connectivity index (χ1) is 8.58. The summed E-state index contributed by atoms with van der Waals surface area (Å²) >= 11 is 3.66. The Morgan fingerprint density at radius 2 is 2.22 bits per heavy atom. The molecule has 100 valence electrons. The standard InChI is InChI=1S/C11H15NO3S3/c13-9-2-1-3-11(6-9)18(14,15)12-7-10-8-16-4-5-17-10/h1-3,6,10,12-13H,4-5,7-8H2. The molecule has 0 saturated carbocycles. The lowest BCUT2D eigenvalue weighted by molar-refractivity contribution is 0.473. The van der Waals surface area contributed by atoms with Crippen LogP contribution in [0.2, 0.25) is 0 Å². The summed E-state index contributed by atoms with van der Waals surface area (Å²) in [4.78, 5) is 0.107. The highest BCUT2D eigenvalue weighted by atomic mass is 32.2. The van der Waals surface area contributed by atoms with Gasteiger partial charge in [-0.15, -0.1) is 0 Å². The van der Waals surface area contributed by atoms with Crippen LogP contribution in [-0.2, 0) is 10.0 Å². The Morgan fingerprint density at radius 3 is 2.89 bits per heavy atom. The highest BCUT2D eigenvalue weighted by molar-refractivity contribution is 8.06. The van der Waals surface area contributed by atoms with Crippen molar-refractivity contribution < 1.29 is 13.5 Å². The zero-order valence-corrected chi connectivity index (χ0v) is 12.2. The Bertz CT molecular complexity index is 498. The third-order valence-electron chi connectivity index (χ3n) is 2.51. The molecule has 1 heterocycles. The number of benzene rings is 1. The fraction of sp³-hybridized carbons (Fsp3) is 0.455. The number of rotatable bonds is 4. The van der Waals surface area contributed by atoms with Crippen molar-refractivity contribution in [2.24, 2.45) is 0 Å². The third-order valence-corrected chi connectivity index (χ3v) is 6.78. The van der Waals surface area contributed by atoms with Crippen molar-refractivity contribution in [2.45, 2.75) is 10.1 Å². The molecular formula is C11H15NO3S3. The molecule has 1 saturated heterocycles. The molecule has 1 atom stereocenters. The summed E-state index contributed by atoms with van der Waals surface area (Å²) in [6.45, 7) is 0.440. The number of thioether (sulfide) groups is 2. The van der Waals surface area contributed by atoms with Gasteiger partial charge >= 0.3 is 0 Å². The number of nitrogens with one attached hydrogen (secondary N) is 1. The highest BCUT2D eigenvalue weighted by Gasteiger charge is 2.19. The maximum Gasteiger partial charge on any atom is 0.240 e. The smallest absolute Gasteiger partial charge is 0.240 e. The lowest BCUT2D eigenvalue weighted by Crippen LogP contribution is -2.33. The van der Waals surface area contributed by atoms with E-state index < -0.39 is 10.0 Å². The fourth-order valence-corrected chi connectivity index (χ4v) is 5.43. The summed E-state index contributed by atoms with van der Waals surface area (Å²) in [6, 6.07) is 5.71. The van der Waals surface area contributed by atoms with Crippen LogP contribution < -0.4 is 4.72 Å². The van der Waals surface area contributed by atoms with Crippen molar-refractivity contribution >= 4 is 33.5 Å².